The minimum absolute atomic E-state index is 0.0232. The van der Waals surface area contributed by atoms with Crippen LogP contribution in [0.1, 0.15) is 85.8 Å². The van der Waals surface area contributed by atoms with Crippen LogP contribution in [-0.4, -0.2) is 107 Å². The van der Waals surface area contributed by atoms with Crippen LogP contribution >= 0.6 is 34.8 Å². The molecule has 0 aliphatic rings. The van der Waals surface area contributed by atoms with Crippen LogP contribution in [0.2, 0.25) is 10.0 Å². The molecule has 4 aromatic carbocycles. The highest BCUT2D eigenvalue weighted by molar-refractivity contribution is 6.31. The third-order valence-electron chi connectivity index (χ3n) is 9.52. The summed E-state index contributed by atoms with van der Waals surface area (Å²) in [5.41, 5.74) is 4.38. The Balaban J connectivity index is 0.000000441. The summed E-state index contributed by atoms with van der Waals surface area (Å²) in [5, 5.41) is 33.1. The third kappa shape index (κ3) is 27.5. The fraction of sp³-hybridized carbons (Fsp3) is 0.434. The first kappa shape index (κ1) is 63.0. The van der Waals surface area contributed by atoms with Gasteiger partial charge >= 0.3 is 36.3 Å². The highest BCUT2D eigenvalue weighted by Crippen LogP contribution is 2.27. The fourth-order valence-corrected chi connectivity index (χ4v) is 6.99. The molecule has 0 saturated carbocycles. The third-order valence-corrected chi connectivity index (χ3v) is 10.1. The number of aliphatic hydroxyl groups is 2. The molecule has 0 bridgehead atoms. The van der Waals surface area contributed by atoms with Crippen molar-refractivity contribution in [1.29, 1.82) is 0 Å². The van der Waals surface area contributed by atoms with Gasteiger partial charge in [-0.3, -0.25) is 4.79 Å². The van der Waals surface area contributed by atoms with Gasteiger partial charge < -0.3 is 53.8 Å². The molecular formula is C53H66Cl3NO16. The second-order valence-electron chi connectivity index (χ2n) is 18.0. The van der Waals surface area contributed by atoms with E-state index < -0.39 is 72.6 Å². The molecule has 0 unspecified atom stereocenters. The molecule has 17 nitrogen and oxygen atoms in total. The highest BCUT2D eigenvalue weighted by Gasteiger charge is 2.27. The number of benzene rings is 4. The maximum absolute atomic E-state index is 12.4. The predicted molar refractivity (Wildman–Crippen MR) is 275 cm³/mol. The van der Waals surface area contributed by atoms with Crippen molar-refractivity contribution in [3.8, 4) is 22.3 Å². The number of halogens is 3. The van der Waals surface area contributed by atoms with Crippen LogP contribution in [0.3, 0.4) is 0 Å². The minimum atomic E-state index is -1.58. The average Bonchev–Trinajstić information content (AvgIpc) is 3.29. The first-order valence-electron chi connectivity index (χ1n) is 23.1. The van der Waals surface area contributed by atoms with Crippen molar-refractivity contribution in [3.63, 3.8) is 0 Å². The normalized spacial score (nSPS) is 12.6. The van der Waals surface area contributed by atoms with Crippen LogP contribution in [-0.2, 0) is 60.4 Å². The van der Waals surface area contributed by atoms with Gasteiger partial charge in [0.15, 0.2) is 18.3 Å². The van der Waals surface area contributed by atoms with Crippen molar-refractivity contribution in [3.05, 3.63) is 118 Å². The molecule has 4 aromatic rings. The smallest absolute Gasteiger partial charge is 0.479 e. The molecular weight excluding hydrogens is 1010 g/mol. The summed E-state index contributed by atoms with van der Waals surface area (Å²) in [4.78, 5) is 69.1. The van der Waals surface area contributed by atoms with Crippen molar-refractivity contribution < 1.29 is 77.2 Å². The lowest BCUT2D eigenvalue weighted by Gasteiger charge is -2.25. The van der Waals surface area contributed by atoms with Crippen molar-refractivity contribution in [2.75, 3.05) is 26.1 Å². The molecule has 0 saturated heterocycles. The Hall–Kier alpha value is -6.11. The first-order chi connectivity index (χ1) is 34.3. The molecule has 0 fully saturated rings. The molecule has 4 N–H and O–H groups in total. The van der Waals surface area contributed by atoms with E-state index >= 15 is 0 Å². The van der Waals surface area contributed by atoms with Gasteiger partial charge in [0.1, 0.15) is 11.2 Å². The largest absolute Gasteiger partial charge is 0.511 e. The Kier molecular flexibility index (Phi) is 27.8. The molecule has 0 aliphatic carbocycles. The predicted octanol–water partition coefficient (Wildman–Crippen LogP) is 11.0. The summed E-state index contributed by atoms with van der Waals surface area (Å²) in [6.07, 6.45) is -4.88. The lowest BCUT2D eigenvalue weighted by molar-refractivity contribution is -0.164. The number of alkyl carbamates (subject to hydrolysis) is 1. The monoisotopic (exact) mass is 1080 g/mol. The van der Waals surface area contributed by atoms with Gasteiger partial charge in [0.05, 0.1) is 13.2 Å². The molecule has 0 spiro atoms. The number of aliphatic carboxylic acids is 1. The first-order valence-corrected chi connectivity index (χ1v) is 24.4. The van der Waals surface area contributed by atoms with Gasteiger partial charge in [-0.2, -0.15) is 0 Å². The number of ether oxygens (including phenoxy) is 7. The van der Waals surface area contributed by atoms with E-state index in [0.29, 0.717) is 29.5 Å². The quantitative estimate of drug-likeness (QED) is 0.0278. The Morgan fingerprint density at radius 1 is 0.589 bits per heavy atom. The summed E-state index contributed by atoms with van der Waals surface area (Å²) in [6.45, 7) is 13.5. The van der Waals surface area contributed by atoms with Gasteiger partial charge in [0.2, 0.25) is 6.79 Å². The fourth-order valence-electron chi connectivity index (χ4n) is 6.52. The standard InChI is InChI=1S/C26H32ClNO8.C23H27ClO5.C4H7ClO3/c1-5-33-25(32)35-16-34-23(30)22(29)15-21(28-24(31)36-26(2,3)4)13-17-9-11-18(12-10-17)19-7-6-8-20(27)14-19;1-23(2,3)29-21(26)13-16(12-20(25)22(27)28)11-15-7-9-17(10-8-15)18-5-4-6-19(24)14-18;1-2-7-4(6)8-3-5/h6-12,14,21-22,29H,5,13,15-16H2,1-4H3,(H,28,31);4-10,14,16,20,25H,11-13H2,1-3H3,(H,27,28);2-3H2,1H3/t21-,22-;16-,20-;/m11./s1. The van der Waals surface area contributed by atoms with Crippen LogP contribution in [0.4, 0.5) is 14.4 Å². The number of esters is 2. The number of carboxylic acids is 1. The van der Waals surface area contributed by atoms with Crippen LogP contribution in [0, 0.1) is 5.92 Å². The zero-order chi connectivity index (χ0) is 54.7. The Labute approximate surface area is 441 Å². The number of carboxylic acid groups (broad SMARTS) is 1. The van der Waals surface area contributed by atoms with E-state index in [0.717, 1.165) is 33.4 Å². The van der Waals surface area contributed by atoms with Gasteiger partial charge in [-0.15, -0.1) is 0 Å². The minimum Gasteiger partial charge on any atom is -0.479 e. The lowest BCUT2D eigenvalue weighted by atomic mass is 9.90. The molecule has 4 rings (SSSR count). The number of aliphatic hydroxyl groups excluding tert-OH is 2. The Morgan fingerprint density at radius 2 is 1.07 bits per heavy atom. The number of amides is 1. The van der Waals surface area contributed by atoms with Crippen LogP contribution < -0.4 is 5.32 Å². The van der Waals surface area contributed by atoms with E-state index in [4.69, 9.17) is 54.1 Å². The van der Waals surface area contributed by atoms with Gasteiger partial charge in [0.25, 0.3) is 0 Å². The lowest BCUT2D eigenvalue weighted by Crippen LogP contribution is -2.43. The summed E-state index contributed by atoms with van der Waals surface area (Å²) in [6, 6.07) is 29.6. The molecule has 0 heterocycles. The Bertz CT molecular complexity index is 2340. The summed E-state index contributed by atoms with van der Waals surface area (Å²) in [7, 11) is 0. The summed E-state index contributed by atoms with van der Waals surface area (Å²) in [5.74, 6) is -3.06. The van der Waals surface area contributed by atoms with Gasteiger partial charge in [0, 0.05) is 28.9 Å². The molecule has 0 aliphatic heterocycles. The van der Waals surface area contributed by atoms with Crippen LogP contribution in [0.25, 0.3) is 22.3 Å². The highest BCUT2D eigenvalue weighted by atomic mass is 35.5. The number of carbonyl (C=O) groups excluding carboxylic acids is 5. The maximum Gasteiger partial charge on any atom is 0.511 e. The van der Waals surface area contributed by atoms with E-state index in [9.17, 15) is 39.0 Å². The SMILES string of the molecule is CC(C)(C)OC(=O)C[C@H](Cc1ccc(-c2cccc(Cl)c2)cc1)C[C@@H](O)C(=O)O.CCOC(=O)OCCl.CCOC(=O)OCOC(=O)[C@H](O)C[C@@H](Cc1ccc(-c2cccc(Cl)c2)cc1)NC(=O)OC(C)(C)C. The van der Waals surface area contributed by atoms with Crippen LogP contribution in [0.15, 0.2) is 97.1 Å². The van der Waals surface area contributed by atoms with Crippen molar-refractivity contribution in [2.45, 2.75) is 117 Å². The number of nitrogens with one attached hydrogen (secondary N) is 1. The number of hydrogen-bond acceptors (Lipinski definition) is 15. The van der Waals surface area contributed by atoms with E-state index in [-0.39, 0.29) is 37.9 Å². The second-order valence-corrected chi connectivity index (χ2v) is 19.1. The number of hydrogen-bond donors (Lipinski definition) is 4. The van der Waals surface area contributed by atoms with E-state index in [1.165, 1.54) is 0 Å². The summed E-state index contributed by atoms with van der Waals surface area (Å²) < 4.78 is 33.1. The zero-order valence-electron chi connectivity index (χ0n) is 42.2. The van der Waals surface area contributed by atoms with Crippen molar-refractivity contribution >= 4 is 71.1 Å². The number of carbonyl (C=O) groups is 6. The van der Waals surface area contributed by atoms with E-state index in [1.807, 2.05) is 91.0 Å². The Morgan fingerprint density at radius 3 is 1.51 bits per heavy atom. The molecule has 73 heavy (non-hydrogen) atoms. The average molecular weight is 1080 g/mol. The number of alkyl halides is 1. The molecule has 0 radical (unpaired) electrons. The van der Waals surface area contributed by atoms with Crippen molar-refractivity contribution in [1.82, 2.24) is 5.32 Å². The van der Waals surface area contributed by atoms with Gasteiger partial charge in [-0.25, -0.2) is 24.0 Å². The molecule has 400 valence electrons. The number of rotatable bonds is 20. The van der Waals surface area contributed by atoms with Gasteiger partial charge in [-0.05, 0) is 138 Å². The van der Waals surface area contributed by atoms with E-state index in [1.54, 1.807) is 61.5 Å². The van der Waals surface area contributed by atoms with E-state index in [2.05, 4.69) is 24.3 Å². The molecule has 1 amide bonds. The molecule has 0 aromatic heterocycles. The maximum atomic E-state index is 12.4. The molecule has 20 heteroatoms. The zero-order valence-corrected chi connectivity index (χ0v) is 44.5. The van der Waals surface area contributed by atoms with Crippen LogP contribution in [0.5, 0.6) is 0 Å². The summed E-state index contributed by atoms with van der Waals surface area (Å²) >= 11 is 17.1. The van der Waals surface area contributed by atoms with Crippen molar-refractivity contribution in [2.24, 2.45) is 5.92 Å². The topological polar surface area (TPSA) is 240 Å². The van der Waals surface area contributed by atoms with Gasteiger partial charge in [-0.1, -0.05) is 108 Å². The second kappa shape index (κ2) is 32.2. The molecule has 4 atom stereocenters.